The third-order valence-corrected chi connectivity index (χ3v) is 4.37. The number of hydrogen-bond acceptors (Lipinski definition) is 4. The number of H-pyrrole nitrogens is 1. The van der Waals surface area contributed by atoms with Crippen molar-refractivity contribution in [1.29, 1.82) is 0 Å². The van der Waals surface area contributed by atoms with Crippen LogP contribution in [0.4, 0.5) is 0 Å². The van der Waals surface area contributed by atoms with Crippen LogP contribution in [0.25, 0.3) is 17.0 Å². The first-order valence-electron chi connectivity index (χ1n) is 9.56. The minimum Gasteiger partial charge on any atom is -0.451 e. The molecule has 30 heavy (non-hydrogen) atoms. The summed E-state index contributed by atoms with van der Waals surface area (Å²) in [7, 11) is 0. The quantitative estimate of drug-likeness (QED) is 0.396. The van der Waals surface area contributed by atoms with Crippen LogP contribution in [-0.4, -0.2) is 35.9 Å². The van der Waals surface area contributed by atoms with Gasteiger partial charge in [0, 0.05) is 30.6 Å². The summed E-state index contributed by atoms with van der Waals surface area (Å²) in [5, 5.41) is 6.29. The molecular weight excluding hydrogens is 382 g/mol. The summed E-state index contributed by atoms with van der Waals surface area (Å²) in [5.74, 6) is -1.59. The van der Waals surface area contributed by atoms with E-state index < -0.39 is 24.4 Å². The van der Waals surface area contributed by atoms with Crippen LogP contribution >= 0.6 is 0 Å². The van der Waals surface area contributed by atoms with Crippen LogP contribution < -0.4 is 10.6 Å². The van der Waals surface area contributed by atoms with Crippen molar-refractivity contribution in [3.63, 3.8) is 0 Å². The maximum absolute atomic E-state index is 12.3. The number of fused-ring (bicyclic) bond motifs is 1. The highest BCUT2D eigenvalue weighted by Crippen LogP contribution is 2.17. The molecule has 0 saturated heterocycles. The molecule has 0 aliphatic heterocycles. The fraction of sp³-hybridized carbons (Fsp3) is 0.174. The van der Waals surface area contributed by atoms with Crippen LogP contribution in [-0.2, 0) is 25.5 Å². The van der Waals surface area contributed by atoms with Crippen molar-refractivity contribution in [2.75, 3.05) is 13.2 Å². The zero-order chi connectivity index (χ0) is 21.3. The number of ether oxygens (including phenoxy) is 1. The van der Waals surface area contributed by atoms with Gasteiger partial charge in [-0.1, -0.05) is 48.5 Å². The molecule has 154 valence electrons. The van der Waals surface area contributed by atoms with Gasteiger partial charge in [-0.3, -0.25) is 9.59 Å². The number of carbonyl (C=O) groups excluding carboxylic acids is 3. The molecular formula is C23H23N3O4. The normalized spacial score (nSPS) is 11.2. The number of hydrogen-bond donors (Lipinski definition) is 3. The molecule has 0 aliphatic carbocycles. The lowest BCUT2D eigenvalue weighted by Gasteiger charge is -2.09. The van der Waals surface area contributed by atoms with Gasteiger partial charge < -0.3 is 20.4 Å². The average Bonchev–Trinajstić information content (AvgIpc) is 3.15. The molecule has 1 aromatic heterocycles. The van der Waals surface area contributed by atoms with E-state index in [0.717, 1.165) is 22.0 Å². The Labute approximate surface area is 174 Å². The van der Waals surface area contributed by atoms with Gasteiger partial charge in [0.15, 0.2) is 6.61 Å². The summed E-state index contributed by atoms with van der Waals surface area (Å²) in [6, 6.07) is 17.0. The number of para-hydroxylation sites is 1. The van der Waals surface area contributed by atoms with Gasteiger partial charge in [0.25, 0.3) is 5.91 Å². The molecule has 1 heterocycles. The average molecular weight is 405 g/mol. The lowest BCUT2D eigenvalue weighted by molar-refractivity contribution is -0.145. The van der Waals surface area contributed by atoms with Crippen molar-refractivity contribution < 1.29 is 19.1 Å². The molecule has 0 unspecified atom stereocenters. The Morgan fingerprint density at radius 3 is 2.53 bits per heavy atom. The van der Waals surface area contributed by atoms with Crippen LogP contribution in [0.1, 0.15) is 18.1 Å². The van der Waals surface area contributed by atoms with Gasteiger partial charge in [0.1, 0.15) is 5.70 Å². The van der Waals surface area contributed by atoms with Gasteiger partial charge in [0.05, 0.1) is 0 Å². The van der Waals surface area contributed by atoms with E-state index in [9.17, 15) is 14.4 Å². The van der Waals surface area contributed by atoms with Crippen LogP contribution in [0.5, 0.6) is 0 Å². The van der Waals surface area contributed by atoms with E-state index in [1.165, 1.54) is 13.0 Å². The molecule has 2 amide bonds. The molecule has 0 spiro atoms. The second-order valence-corrected chi connectivity index (χ2v) is 6.69. The maximum atomic E-state index is 12.3. The smallest absolute Gasteiger partial charge is 0.355 e. The molecule has 2 aromatic carbocycles. The second kappa shape index (κ2) is 10.1. The standard InChI is InChI=1S/C23H23N3O4/c1-16(27)26-21(13-17-7-3-2-4-8-17)23(29)30-15-22(28)24-12-11-18-14-25-20-10-6-5-9-19(18)20/h2-10,13-14,25H,11-12,15H2,1H3,(H,24,28)(H,26,27)/b21-13-. The number of aromatic amines is 1. The Hall–Kier alpha value is -3.87. The molecule has 0 saturated carbocycles. The topological polar surface area (TPSA) is 100 Å². The first kappa shape index (κ1) is 20.9. The summed E-state index contributed by atoms with van der Waals surface area (Å²) in [4.78, 5) is 38.9. The number of nitrogens with one attached hydrogen (secondary N) is 3. The number of amides is 2. The molecule has 0 aliphatic rings. The molecule has 3 aromatic rings. The second-order valence-electron chi connectivity index (χ2n) is 6.69. The fourth-order valence-corrected chi connectivity index (χ4v) is 2.99. The summed E-state index contributed by atoms with van der Waals surface area (Å²) < 4.78 is 5.06. The highest BCUT2D eigenvalue weighted by atomic mass is 16.5. The Bertz CT molecular complexity index is 1070. The molecule has 0 radical (unpaired) electrons. The van der Waals surface area contributed by atoms with E-state index in [0.29, 0.717) is 13.0 Å². The fourth-order valence-electron chi connectivity index (χ4n) is 2.99. The predicted molar refractivity (Wildman–Crippen MR) is 114 cm³/mol. The molecule has 0 atom stereocenters. The van der Waals surface area contributed by atoms with E-state index in [1.807, 2.05) is 48.7 Å². The van der Waals surface area contributed by atoms with Crippen molar-refractivity contribution in [3.05, 3.63) is 77.6 Å². The molecule has 7 nitrogen and oxygen atoms in total. The van der Waals surface area contributed by atoms with Crippen molar-refractivity contribution in [1.82, 2.24) is 15.6 Å². The van der Waals surface area contributed by atoms with Gasteiger partial charge in [0.2, 0.25) is 5.91 Å². The monoisotopic (exact) mass is 405 g/mol. The third kappa shape index (κ3) is 5.81. The summed E-state index contributed by atoms with van der Waals surface area (Å²) in [6.07, 6.45) is 4.07. The van der Waals surface area contributed by atoms with Crippen LogP contribution in [0.3, 0.4) is 0 Å². The number of esters is 1. The lowest BCUT2D eigenvalue weighted by Crippen LogP contribution is -2.32. The number of carbonyl (C=O) groups is 3. The van der Waals surface area contributed by atoms with E-state index >= 15 is 0 Å². The Kier molecular flexibility index (Phi) is 7.00. The van der Waals surface area contributed by atoms with Gasteiger partial charge in [-0.05, 0) is 29.7 Å². The van der Waals surface area contributed by atoms with Crippen LogP contribution in [0, 0.1) is 0 Å². The van der Waals surface area contributed by atoms with Gasteiger partial charge in [-0.2, -0.15) is 0 Å². The maximum Gasteiger partial charge on any atom is 0.355 e. The predicted octanol–water partition coefficient (Wildman–Crippen LogP) is 2.55. The third-order valence-electron chi connectivity index (χ3n) is 4.37. The highest BCUT2D eigenvalue weighted by molar-refractivity contribution is 5.98. The minimum atomic E-state index is -0.777. The molecule has 0 fully saturated rings. The van der Waals surface area contributed by atoms with Gasteiger partial charge in [-0.15, -0.1) is 0 Å². The zero-order valence-corrected chi connectivity index (χ0v) is 16.6. The number of aromatic nitrogens is 1. The lowest BCUT2D eigenvalue weighted by atomic mass is 10.1. The zero-order valence-electron chi connectivity index (χ0n) is 16.6. The summed E-state index contributed by atoms with van der Waals surface area (Å²) >= 11 is 0. The minimum absolute atomic E-state index is 0.0275. The largest absolute Gasteiger partial charge is 0.451 e. The van der Waals surface area contributed by atoms with E-state index in [-0.39, 0.29) is 5.70 Å². The van der Waals surface area contributed by atoms with E-state index in [2.05, 4.69) is 15.6 Å². The first-order chi connectivity index (χ1) is 14.5. The van der Waals surface area contributed by atoms with Gasteiger partial charge in [-0.25, -0.2) is 4.79 Å². The van der Waals surface area contributed by atoms with E-state index in [4.69, 9.17) is 4.74 Å². The van der Waals surface area contributed by atoms with Crippen LogP contribution in [0.2, 0.25) is 0 Å². The molecule has 7 heteroatoms. The Morgan fingerprint density at radius 1 is 1.03 bits per heavy atom. The highest BCUT2D eigenvalue weighted by Gasteiger charge is 2.15. The number of benzene rings is 2. The molecule has 0 bridgehead atoms. The van der Waals surface area contributed by atoms with Crippen LogP contribution in [0.15, 0.2) is 66.5 Å². The Balaban J connectivity index is 1.50. The summed E-state index contributed by atoms with van der Waals surface area (Å²) in [5.41, 5.74) is 2.84. The van der Waals surface area contributed by atoms with Crippen molar-refractivity contribution >= 4 is 34.8 Å². The summed E-state index contributed by atoms with van der Waals surface area (Å²) in [6.45, 7) is 1.28. The number of rotatable bonds is 8. The Morgan fingerprint density at radius 2 is 1.77 bits per heavy atom. The van der Waals surface area contributed by atoms with Crippen molar-refractivity contribution in [3.8, 4) is 0 Å². The van der Waals surface area contributed by atoms with Crippen molar-refractivity contribution in [2.24, 2.45) is 0 Å². The van der Waals surface area contributed by atoms with Crippen molar-refractivity contribution in [2.45, 2.75) is 13.3 Å². The van der Waals surface area contributed by atoms with Gasteiger partial charge >= 0.3 is 5.97 Å². The first-order valence-corrected chi connectivity index (χ1v) is 9.56. The SMILES string of the molecule is CC(=O)N/C(=C\c1ccccc1)C(=O)OCC(=O)NCCc1c[nH]c2ccccc12. The molecule has 3 N–H and O–H groups in total. The molecule has 3 rings (SSSR count). The van der Waals surface area contributed by atoms with E-state index in [1.54, 1.807) is 12.1 Å².